The van der Waals surface area contributed by atoms with Crippen molar-refractivity contribution in [3.8, 4) is 11.5 Å². The number of ether oxygens (including phenoxy) is 1. The van der Waals surface area contributed by atoms with Gasteiger partial charge in [0.05, 0.1) is 23.8 Å². The lowest BCUT2D eigenvalue weighted by atomic mass is 10.1. The Labute approximate surface area is 144 Å². The second-order valence-corrected chi connectivity index (χ2v) is 6.18. The third-order valence-corrected chi connectivity index (χ3v) is 4.55. The Balaban J connectivity index is 2.12. The molecule has 128 valence electrons. The predicted molar refractivity (Wildman–Crippen MR) is 88.7 cm³/mol. The number of nitrogens with one attached hydrogen (secondary N) is 1. The van der Waals surface area contributed by atoms with Crippen molar-refractivity contribution in [3.05, 3.63) is 21.7 Å². The number of amides is 1. The number of nitrogens with zero attached hydrogens (tertiary/aromatic N) is 1. The molecule has 1 aromatic carbocycles. The molecule has 1 fully saturated rings. The lowest BCUT2D eigenvalue weighted by Crippen LogP contribution is -2.41. The summed E-state index contributed by atoms with van der Waals surface area (Å²) < 4.78 is 5.11. The van der Waals surface area contributed by atoms with Crippen LogP contribution in [0.3, 0.4) is 0 Å². The molecule has 1 aliphatic rings. The highest BCUT2D eigenvalue weighted by atomic mass is 35.5. The highest BCUT2D eigenvalue weighted by Gasteiger charge is 2.27. The smallest absolute Gasteiger partial charge is 0.259 e. The molecule has 0 bridgehead atoms. The van der Waals surface area contributed by atoms with Crippen LogP contribution < -0.4 is 10.1 Å². The van der Waals surface area contributed by atoms with Gasteiger partial charge in [-0.2, -0.15) is 0 Å². The zero-order chi connectivity index (χ0) is 17.0. The number of benzene rings is 1. The number of phenolic OH excluding ortho intramolecular Hbond substituents is 1. The molecule has 0 aliphatic carbocycles. The van der Waals surface area contributed by atoms with Crippen molar-refractivity contribution >= 4 is 29.1 Å². The minimum absolute atomic E-state index is 0.0104. The molecule has 1 unspecified atom stereocenters. The van der Waals surface area contributed by atoms with Crippen LogP contribution in [0.5, 0.6) is 11.5 Å². The summed E-state index contributed by atoms with van der Waals surface area (Å²) in [5, 5.41) is 22.0. The van der Waals surface area contributed by atoms with Gasteiger partial charge in [0.25, 0.3) is 5.91 Å². The van der Waals surface area contributed by atoms with Gasteiger partial charge < -0.3 is 20.3 Å². The number of rotatable bonds is 6. The van der Waals surface area contributed by atoms with E-state index in [9.17, 15) is 9.90 Å². The largest absolute Gasteiger partial charge is 0.505 e. The fraction of sp³-hybridized carbons (Fsp3) is 0.533. The summed E-state index contributed by atoms with van der Waals surface area (Å²) in [5.74, 6) is -0.770. The van der Waals surface area contributed by atoms with Gasteiger partial charge in [-0.25, -0.2) is 0 Å². The Bertz CT molecular complexity index is 583. The molecule has 1 saturated heterocycles. The molecule has 2 rings (SSSR count). The Hall–Kier alpha value is -1.21. The van der Waals surface area contributed by atoms with Crippen LogP contribution in [0, 0.1) is 0 Å². The number of phenols is 1. The van der Waals surface area contributed by atoms with Gasteiger partial charge in [-0.15, -0.1) is 0 Å². The SMILES string of the molecule is COc1c(Cl)cc(Cl)c(O)c1C(=O)NCC1CCCN1CCO. The molecule has 23 heavy (non-hydrogen) atoms. The third-order valence-electron chi connectivity index (χ3n) is 3.98. The Morgan fingerprint density at radius 2 is 2.22 bits per heavy atom. The molecule has 3 N–H and O–H groups in total. The third kappa shape index (κ3) is 4.01. The number of hydrogen-bond acceptors (Lipinski definition) is 5. The fourth-order valence-corrected chi connectivity index (χ4v) is 3.39. The van der Waals surface area contributed by atoms with Crippen LogP contribution in [0.25, 0.3) is 0 Å². The van der Waals surface area contributed by atoms with E-state index in [1.54, 1.807) is 0 Å². The summed E-state index contributed by atoms with van der Waals surface area (Å²) in [7, 11) is 1.37. The number of carbonyl (C=O) groups is 1. The quantitative estimate of drug-likeness (QED) is 0.719. The fourth-order valence-electron chi connectivity index (χ4n) is 2.85. The normalized spacial score (nSPS) is 18.2. The molecule has 1 atom stereocenters. The predicted octanol–water partition coefficient (Wildman–Crippen LogP) is 1.89. The van der Waals surface area contributed by atoms with Gasteiger partial charge in [-0.05, 0) is 25.5 Å². The molecule has 1 amide bonds. The topological polar surface area (TPSA) is 82.0 Å². The van der Waals surface area contributed by atoms with E-state index < -0.39 is 5.91 Å². The molecule has 1 heterocycles. The first-order valence-electron chi connectivity index (χ1n) is 7.37. The van der Waals surface area contributed by atoms with Crippen LogP contribution in [-0.2, 0) is 0 Å². The molecule has 0 aromatic heterocycles. The van der Waals surface area contributed by atoms with E-state index in [4.69, 9.17) is 33.0 Å². The highest BCUT2D eigenvalue weighted by Crippen LogP contribution is 2.40. The molecule has 1 aromatic rings. The van der Waals surface area contributed by atoms with Gasteiger partial charge in [-0.3, -0.25) is 9.69 Å². The summed E-state index contributed by atoms with van der Waals surface area (Å²) in [5.41, 5.74) is -0.0725. The molecule has 0 spiro atoms. The first-order chi connectivity index (χ1) is 11.0. The van der Waals surface area contributed by atoms with Crippen molar-refractivity contribution in [3.63, 3.8) is 0 Å². The summed E-state index contributed by atoms with van der Waals surface area (Å²) in [4.78, 5) is 14.6. The van der Waals surface area contributed by atoms with Gasteiger partial charge in [0.2, 0.25) is 0 Å². The summed E-state index contributed by atoms with van der Waals surface area (Å²) in [6, 6.07) is 1.49. The van der Waals surface area contributed by atoms with Crippen molar-refractivity contribution in [2.45, 2.75) is 18.9 Å². The first-order valence-corrected chi connectivity index (χ1v) is 8.13. The van der Waals surface area contributed by atoms with Crippen molar-refractivity contribution < 1.29 is 19.7 Å². The Morgan fingerprint density at radius 3 is 2.87 bits per heavy atom. The second-order valence-electron chi connectivity index (χ2n) is 5.36. The Kier molecular flexibility index (Phi) is 6.35. The molecule has 0 saturated carbocycles. The maximum atomic E-state index is 12.4. The average molecular weight is 363 g/mol. The van der Waals surface area contributed by atoms with E-state index in [0.717, 1.165) is 19.4 Å². The van der Waals surface area contributed by atoms with Crippen molar-refractivity contribution in [1.82, 2.24) is 10.2 Å². The van der Waals surface area contributed by atoms with Crippen LogP contribution in [0.2, 0.25) is 10.0 Å². The zero-order valence-electron chi connectivity index (χ0n) is 12.8. The van der Waals surface area contributed by atoms with Crippen LogP contribution in [-0.4, -0.2) is 60.4 Å². The number of halogens is 2. The number of β-amino-alcohol motifs (C(OH)–C–C–N with tert-alkyl or cyclic N) is 1. The van der Waals surface area contributed by atoms with Crippen molar-refractivity contribution in [2.75, 3.05) is 33.4 Å². The summed E-state index contributed by atoms with van der Waals surface area (Å²) >= 11 is 11.9. The van der Waals surface area contributed by atoms with Gasteiger partial charge in [0, 0.05) is 19.1 Å². The maximum Gasteiger partial charge on any atom is 0.259 e. The van der Waals surface area contributed by atoms with Crippen LogP contribution >= 0.6 is 23.2 Å². The van der Waals surface area contributed by atoms with Gasteiger partial charge in [-0.1, -0.05) is 23.2 Å². The molecule has 6 nitrogen and oxygen atoms in total. The number of aliphatic hydroxyl groups is 1. The number of carbonyl (C=O) groups excluding carboxylic acids is 1. The standard InChI is InChI=1S/C15H20Cl2N2O4/c1-23-14-11(17)7-10(16)13(21)12(14)15(22)18-8-9-3-2-4-19(9)5-6-20/h7,9,20-21H,2-6,8H2,1H3,(H,18,22). The van der Waals surface area contributed by atoms with Crippen molar-refractivity contribution in [2.24, 2.45) is 0 Å². The lowest BCUT2D eigenvalue weighted by Gasteiger charge is -2.24. The average Bonchev–Trinajstić information content (AvgIpc) is 2.96. The molecule has 0 radical (unpaired) electrons. The van der Waals surface area contributed by atoms with Crippen LogP contribution in [0.1, 0.15) is 23.2 Å². The molecule has 8 heteroatoms. The molecular formula is C15H20Cl2N2O4. The monoisotopic (exact) mass is 362 g/mol. The number of hydrogen-bond donors (Lipinski definition) is 3. The van der Waals surface area contributed by atoms with E-state index in [0.29, 0.717) is 13.1 Å². The number of aliphatic hydroxyl groups excluding tert-OH is 1. The zero-order valence-corrected chi connectivity index (χ0v) is 14.3. The molecular weight excluding hydrogens is 343 g/mol. The van der Waals surface area contributed by atoms with Gasteiger partial charge >= 0.3 is 0 Å². The maximum absolute atomic E-state index is 12.4. The van der Waals surface area contributed by atoms with E-state index >= 15 is 0 Å². The lowest BCUT2D eigenvalue weighted by molar-refractivity contribution is 0.0932. The van der Waals surface area contributed by atoms with E-state index in [1.165, 1.54) is 13.2 Å². The van der Waals surface area contributed by atoms with Gasteiger partial charge in [0.1, 0.15) is 5.56 Å². The summed E-state index contributed by atoms with van der Waals surface area (Å²) in [6.07, 6.45) is 1.97. The highest BCUT2D eigenvalue weighted by molar-refractivity contribution is 6.37. The minimum atomic E-state index is -0.500. The van der Waals surface area contributed by atoms with Crippen LogP contribution in [0.4, 0.5) is 0 Å². The molecule has 1 aliphatic heterocycles. The van der Waals surface area contributed by atoms with Crippen LogP contribution in [0.15, 0.2) is 6.07 Å². The second kappa shape index (κ2) is 8.06. The number of methoxy groups -OCH3 is 1. The van der Waals surface area contributed by atoms with Crippen molar-refractivity contribution in [1.29, 1.82) is 0 Å². The number of aromatic hydroxyl groups is 1. The first kappa shape index (κ1) is 18.1. The van der Waals surface area contributed by atoms with E-state index in [2.05, 4.69) is 10.2 Å². The number of likely N-dealkylation sites (tertiary alicyclic amines) is 1. The minimum Gasteiger partial charge on any atom is -0.505 e. The Morgan fingerprint density at radius 1 is 1.48 bits per heavy atom. The van der Waals surface area contributed by atoms with E-state index in [-0.39, 0.29) is 39.8 Å². The van der Waals surface area contributed by atoms with Gasteiger partial charge in [0.15, 0.2) is 11.5 Å². The van der Waals surface area contributed by atoms with E-state index in [1.807, 2.05) is 0 Å². The summed E-state index contributed by atoms with van der Waals surface area (Å²) in [6.45, 7) is 1.98.